The molecule has 1 aromatic rings. The van der Waals surface area contributed by atoms with Crippen LogP contribution in [0, 0.1) is 0 Å². The first-order chi connectivity index (χ1) is 7.51. The smallest absolute Gasteiger partial charge is 0.312 e. The highest BCUT2D eigenvalue weighted by Crippen LogP contribution is 2.18. The molecule has 0 unspecified atom stereocenters. The largest absolute Gasteiger partial charge is 0.390 e. The van der Waals surface area contributed by atoms with E-state index < -0.39 is 12.6 Å². The van der Waals surface area contributed by atoms with Crippen molar-refractivity contribution in [3.63, 3.8) is 0 Å². The number of nitrogens with one attached hydrogen (secondary N) is 1. The van der Waals surface area contributed by atoms with Gasteiger partial charge in [0.15, 0.2) is 0 Å². The maximum absolute atomic E-state index is 11.8. The predicted octanol–water partition coefficient (Wildman–Crippen LogP) is 3.47. The van der Waals surface area contributed by atoms with Crippen molar-refractivity contribution in [1.29, 1.82) is 0 Å². The van der Waals surface area contributed by atoms with Crippen molar-refractivity contribution >= 4 is 11.6 Å². The van der Waals surface area contributed by atoms with Crippen LogP contribution < -0.4 is 5.32 Å². The lowest BCUT2D eigenvalue weighted by Crippen LogP contribution is -2.21. The molecule has 0 heterocycles. The topological polar surface area (TPSA) is 12.0 Å². The van der Waals surface area contributed by atoms with E-state index in [-0.39, 0.29) is 6.54 Å². The van der Waals surface area contributed by atoms with Crippen molar-refractivity contribution in [1.82, 2.24) is 5.32 Å². The fourth-order valence-electron chi connectivity index (χ4n) is 1.21. The summed E-state index contributed by atoms with van der Waals surface area (Å²) in [6.45, 7) is 0.388. The molecule has 0 saturated carbocycles. The number of hydrogen-bond donors (Lipinski definition) is 1. The molecule has 0 radical (unpaired) electrons. The standard InChI is InChI=1S/C11H13ClF3N/c12-7-9-1-3-10(4-2-9)8-16-6-5-11(13,14)15/h1-4,16H,5-8H2. The van der Waals surface area contributed by atoms with E-state index in [2.05, 4.69) is 5.32 Å². The van der Waals surface area contributed by atoms with Crippen molar-refractivity contribution in [2.45, 2.75) is 25.0 Å². The van der Waals surface area contributed by atoms with Crippen molar-refractivity contribution in [3.8, 4) is 0 Å². The molecule has 1 aromatic carbocycles. The highest BCUT2D eigenvalue weighted by Gasteiger charge is 2.25. The van der Waals surface area contributed by atoms with Gasteiger partial charge in [0.2, 0.25) is 0 Å². The van der Waals surface area contributed by atoms with Gasteiger partial charge in [-0.1, -0.05) is 24.3 Å². The number of alkyl halides is 4. The summed E-state index contributed by atoms with van der Waals surface area (Å²) in [6, 6.07) is 7.46. The van der Waals surface area contributed by atoms with E-state index in [4.69, 9.17) is 11.6 Å². The van der Waals surface area contributed by atoms with Gasteiger partial charge in [-0.05, 0) is 11.1 Å². The molecular weight excluding hydrogens is 239 g/mol. The summed E-state index contributed by atoms with van der Waals surface area (Å²) in [5.41, 5.74) is 1.96. The van der Waals surface area contributed by atoms with Gasteiger partial charge in [0.1, 0.15) is 0 Å². The Hall–Kier alpha value is -0.740. The summed E-state index contributed by atoms with van der Waals surface area (Å²) < 4.78 is 35.5. The average molecular weight is 252 g/mol. The lowest BCUT2D eigenvalue weighted by molar-refractivity contribution is -0.133. The summed E-state index contributed by atoms with van der Waals surface area (Å²) >= 11 is 5.62. The van der Waals surface area contributed by atoms with E-state index in [0.717, 1.165) is 11.1 Å². The van der Waals surface area contributed by atoms with Gasteiger partial charge in [0, 0.05) is 19.0 Å². The summed E-state index contributed by atoms with van der Waals surface area (Å²) in [5, 5.41) is 2.74. The molecule has 0 spiro atoms. The third-order valence-electron chi connectivity index (χ3n) is 2.09. The Morgan fingerprint density at radius 1 is 1.06 bits per heavy atom. The first-order valence-electron chi connectivity index (χ1n) is 4.92. The summed E-state index contributed by atoms with van der Waals surface area (Å²) in [6.07, 6.45) is -4.89. The molecule has 0 bridgehead atoms. The maximum Gasteiger partial charge on any atom is 0.390 e. The Morgan fingerprint density at radius 2 is 1.62 bits per heavy atom. The van der Waals surface area contributed by atoms with E-state index >= 15 is 0 Å². The van der Waals surface area contributed by atoms with Gasteiger partial charge in [0.25, 0.3) is 0 Å². The van der Waals surface area contributed by atoms with Gasteiger partial charge in [-0.3, -0.25) is 0 Å². The van der Waals surface area contributed by atoms with E-state index in [0.29, 0.717) is 12.4 Å². The molecule has 1 nitrogen and oxygen atoms in total. The zero-order chi connectivity index (χ0) is 12.0. The van der Waals surface area contributed by atoms with E-state index in [1.165, 1.54) is 0 Å². The fourth-order valence-corrected chi connectivity index (χ4v) is 1.39. The summed E-state index contributed by atoms with van der Waals surface area (Å²) in [7, 11) is 0. The van der Waals surface area contributed by atoms with Crippen LogP contribution in [0.5, 0.6) is 0 Å². The lowest BCUT2D eigenvalue weighted by Gasteiger charge is -2.07. The van der Waals surface area contributed by atoms with Crippen LogP contribution in [0.15, 0.2) is 24.3 Å². The molecule has 0 amide bonds. The zero-order valence-corrected chi connectivity index (χ0v) is 9.41. The van der Waals surface area contributed by atoms with Gasteiger partial charge in [-0.15, -0.1) is 11.6 Å². The molecule has 1 rings (SSSR count). The minimum atomic E-state index is -4.09. The van der Waals surface area contributed by atoms with E-state index in [1.807, 2.05) is 24.3 Å². The molecule has 0 saturated heterocycles. The van der Waals surface area contributed by atoms with Crippen LogP contribution in [-0.4, -0.2) is 12.7 Å². The third kappa shape index (κ3) is 5.37. The maximum atomic E-state index is 11.8. The Kier molecular flexibility index (Phi) is 5.09. The fraction of sp³-hybridized carbons (Fsp3) is 0.455. The second-order valence-electron chi connectivity index (χ2n) is 3.49. The molecule has 0 aliphatic heterocycles. The van der Waals surface area contributed by atoms with Crippen LogP contribution >= 0.6 is 11.6 Å². The normalized spacial score (nSPS) is 11.8. The molecule has 16 heavy (non-hydrogen) atoms. The number of benzene rings is 1. The third-order valence-corrected chi connectivity index (χ3v) is 2.40. The van der Waals surface area contributed by atoms with Crippen LogP contribution in [0.4, 0.5) is 13.2 Å². The lowest BCUT2D eigenvalue weighted by atomic mass is 10.1. The molecule has 0 atom stereocenters. The Labute approximate surface area is 97.6 Å². The van der Waals surface area contributed by atoms with Gasteiger partial charge >= 0.3 is 6.18 Å². The minimum absolute atomic E-state index is 0.0548. The Morgan fingerprint density at radius 3 is 2.12 bits per heavy atom. The number of halogens is 4. The summed E-state index contributed by atoms with van der Waals surface area (Å²) in [5.74, 6) is 0.446. The molecule has 1 N–H and O–H groups in total. The second kappa shape index (κ2) is 6.11. The van der Waals surface area contributed by atoms with E-state index in [9.17, 15) is 13.2 Å². The Bertz CT molecular complexity index is 308. The minimum Gasteiger partial charge on any atom is -0.312 e. The van der Waals surface area contributed by atoms with Crippen molar-refractivity contribution in [3.05, 3.63) is 35.4 Å². The molecule has 0 aliphatic carbocycles. The molecule has 0 fully saturated rings. The van der Waals surface area contributed by atoms with Gasteiger partial charge in [0.05, 0.1) is 6.42 Å². The monoisotopic (exact) mass is 251 g/mol. The molecule has 0 aliphatic rings. The van der Waals surface area contributed by atoms with Gasteiger partial charge < -0.3 is 5.32 Å². The van der Waals surface area contributed by atoms with Crippen LogP contribution in [0.2, 0.25) is 0 Å². The predicted molar refractivity (Wildman–Crippen MR) is 58.4 cm³/mol. The van der Waals surface area contributed by atoms with Gasteiger partial charge in [-0.25, -0.2) is 0 Å². The van der Waals surface area contributed by atoms with Crippen molar-refractivity contribution < 1.29 is 13.2 Å². The zero-order valence-electron chi connectivity index (χ0n) is 8.65. The second-order valence-corrected chi connectivity index (χ2v) is 3.76. The first-order valence-corrected chi connectivity index (χ1v) is 5.46. The van der Waals surface area contributed by atoms with Crippen LogP contribution in [0.3, 0.4) is 0 Å². The highest BCUT2D eigenvalue weighted by atomic mass is 35.5. The van der Waals surface area contributed by atoms with E-state index in [1.54, 1.807) is 0 Å². The van der Waals surface area contributed by atoms with Crippen molar-refractivity contribution in [2.24, 2.45) is 0 Å². The molecular formula is C11H13ClF3N. The van der Waals surface area contributed by atoms with Crippen LogP contribution in [0.1, 0.15) is 17.5 Å². The highest BCUT2D eigenvalue weighted by molar-refractivity contribution is 6.17. The van der Waals surface area contributed by atoms with Crippen molar-refractivity contribution in [2.75, 3.05) is 6.54 Å². The van der Waals surface area contributed by atoms with Crippen LogP contribution in [-0.2, 0) is 12.4 Å². The first kappa shape index (κ1) is 13.3. The quantitative estimate of drug-likeness (QED) is 0.624. The number of hydrogen-bond acceptors (Lipinski definition) is 1. The Balaban J connectivity index is 2.27. The average Bonchev–Trinajstić information content (AvgIpc) is 2.24. The molecule has 0 aromatic heterocycles. The van der Waals surface area contributed by atoms with Crippen LogP contribution in [0.25, 0.3) is 0 Å². The molecule has 90 valence electrons. The van der Waals surface area contributed by atoms with Gasteiger partial charge in [-0.2, -0.15) is 13.2 Å². The SMILES string of the molecule is FC(F)(F)CCNCc1ccc(CCl)cc1. The summed E-state index contributed by atoms with van der Waals surface area (Å²) in [4.78, 5) is 0. The molecule has 5 heteroatoms. The number of rotatable bonds is 5.